The maximum Gasteiger partial charge on any atom is 0.212 e. The van der Waals surface area contributed by atoms with E-state index in [0.29, 0.717) is 16.8 Å². The lowest BCUT2D eigenvalue weighted by Crippen LogP contribution is -2.21. The van der Waals surface area contributed by atoms with Crippen molar-refractivity contribution in [3.8, 4) is 11.4 Å². The number of rotatable bonds is 2. The molecule has 0 radical (unpaired) electrons. The molecular formula is C7H11Cl2N7S. The highest BCUT2D eigenvalue weighted by atomic mass is 35.5. The molecule has 0 aliphatic rings. The molecule has 0 unspecified atom stereocenters. The van der Waals surface area contributed by atoms with Crippen molar-refractivity contribution in [3.63, 3.8) is 0 Å². The van der Waals surface area contributed by atoms with Crippen LogP contribution in [-0.2, 0) is 0 Å². The van der Waals surface area contributed by atoms with Gasteiger partial charge in [0.05, 0.1) is 11.9 Å². The Morgan fingerprint density at radius 1 is 1.35 bits per heavy atom. The molecule has 0 fully saturated rings. The number of aromatic nitrogens is 3. The van der Waals surface area contributed by atoms with Gasteiger partial charge in [0.2, 0.25) is 5.13 Å². The molecule has 0 amide bonds. The minimum Gasteiger partial charge on any atom is -0.370 e. The molecule has 0 aliphatic carbocycles. The summed E-state index contributed by atoms with van der Waals surface area (Å²) in [6, 6.07) is 0. The molecule has 0 aromatic carbocycles. The molecule has 2 aromatic heterocycles. The summed E-state index contributed by atoms with van der Waals surface area (Å²) in [5.41, 5.74) is 17.4. The van der Waals surface area contributed by atoms with Crippen molar-refractivity contribution in [1.82, 2.24) is 15.0 Å². The molecule has 0 spiro atoms. The van der Waals surface area contributed by atoms with Crippen LogP contribution in [0.3, 0.4) is 0 Å². The third kappa shape index (κ3) is 3.77. The van der Waals surface area contributed by atoms with Crippen molar-refractivity contribution in [1.29, 1.82) is 0 Å². The number of nitrogens with zero attached hydrogens (tertiary/aromatic N) is 3. The zero-order valence-electron chi connectivity index (χ0n) is 8.45. The monoisotopic (exact) mass is 295 g/mol. The smallest absolute Gasteiger partial charge is 0.212 e. The second-order valence-electron chi connectivity index (χ2n) is 2.73. The number of guanidine groups is 1. The summed E-state index contributed by atoms with van der Waals surface area (Å²) in [6.07, 6.45) is 1.60. The highest BCUT2D eigenvalue weighted by Crippen LogP contribution is 2.25. The minimum atomic E-state index is -0.0139. The number of anilines is 1. The molecular weight excluding hydrogens is 285 g/mol. The second-order valence-corrected chi connectivity index (χ2v) is 3.57. The Morgan fingerprint density at radius 3 is 2.59 bits per heavy atom. The predicted molar refractivity (Wildman–Crippen MR) is 74.1 cm³/mol. The zero-order chi connectivity index (χ0) is 10.8. The summed E-state index contributed by atoms with van der Waals surface area (Å²) in [5, 5.41) is 2.31. The van der Waals surface area contributed by atoms with Gasteiger partial charge in [-0.25, -0.2) is 9.97 Å². The van der Waals surface area contributed by atoms with Gasteiger partial charge in [0, 0.05) is 5.38 Å². The first-order valence-electron chi connectivity index (χ1n) is 4.01. The minimum absolute atomic E-state index is 0. The Labute approximate surface area is 113 Å². The molecule has 0 saturated heterocycles. The highest BCUT2D eigenvalue weighted by molar-refractivity contribution is 7.13. The van der Waals surface area contributed by atoms with Crippen molar-refractivity contribution < 1.29 is 0 Å². The lowest BCUT2D eigenvalue weighted by Gasteiger charge is -1.88. The van der Waals surface area contributed by atoms with E-state index < -0.39 is 0 Å². The molecule has 17 heavy (non-hydrogen) atoms. The van der Waals surface area contributed by atoms with Crippen molar-refractivity contribution >= 4 is 53.2 Å². The Kier molecular flexibility index (Phi) is 5.72. The van der Waals surface area contributed by atoms with Gasteiger partial charge in [0.1, 0.15) is 5.69 Å². The number of hydrogen-bond donors (Lipinski definition) is 4. The number of nitrogen functional groups attached to an aromatic ring is 1. The predicted octanol–water partition coefficient (Wildman–Crippen LogP) is 0.864. The number of nitrogens with two attached hydrogens (primary N) is 3. The largest absolute Gasteiger partial charge is 0.370 e. The van der Waals surface area contributed by atoms with Crippen LogP contribution in [0.4, 0.5) is 11.1 Å². The SMILES string of the molecule is Cl.Cl.NC(N)=Nc1nc(-c2cnc(N)[nH]2)cs1. The summed E-state index contributed by atoms with van der Waals surface area (Å²) >= 11 is 1.33. The van der Waals surface area contributed by atoms with Gasteiger partial charge in [-0.15, -0.1) is 36.2 Å². The standard InChI is InChI=1S/C7H9N7S.2ClH/c8-5(9)14-7-13-4(2-15-7)3-1-11-6(10)12-3;;/h1-2H,(H3,10,11,12)(H4,8,9,13,14);2*1H. The van der Waals surface area contributed by atoms with Crippen LogP contribution in [0.1, 0.15) is 0 Å². The van der Waals surface area contributed by atoms with Gasteiger partial charge in [-0.1, -0.05) is 0 Å². The Balaban J connectivity index is 0.00000128. The maximum absolute atomic E-state index is 5.44. The van der Waals surface area contributed by atoms with E-state index in [1.54, 1.807) is 6.20 Å². The number of halogens is 2. The fraction of sp³-hybridized carbons (Fsp3) is 0. The molecule has 94 valence electrons. The lowest BCUT2D eigenvalue weighted by atomic mass is 10.4. The van der Waals surface area contributed by atoms with Crippen LogP contribution in [0, 0.1) is 0 Å². The molecule has 0 bridgehead atoms. The Bertz CT molecular complexity index is 502. The van der Waals surface area contributed by atoms with Gasteiger partial charge < -0.3 is 22.2 Å². The van der Waals surface area contributed by atoms with Crippen LogP contribution in [0.25, 0.3) is 11.4 Å². The van der Waals surface area contributed by atoms with Crippen molar-refractivity contribution in [2.75, 3.05) is 5.73 Å². The summed E-state index contributed by atoms with van der Waals surface area (Å²) in [6.45, 7) is 0. The number of imidazole rings is 1. The van der Waals surface area contributed by atoms with Crippen LogP contribution in [0.15, 0.2) is 16.6 Å². The summed E-state index contributed by atoms with van der Waals surface area (Å²) in [7, 11) is 0. The normalized spacial score (nSPS) is 8.94. The van der Waals surface area contributed by atoms with Gasteiger partial charge in [-0.3, -0.25) is 0 Å². The third-order valence-electron chi connectivity index (χ3n) is 1.59. The van der Waals surface area contributed by atoms with E-state index in [9.17, 15) is 0 Å². The number of H-pyrrole nitrogens is 1. The zero-order valence-corrected chi connectivity index (χ0v) is 10.9. The lowest BCUT2D eigenvalue weighted by molar-refractivity contribution is 1.29. The molecule has 0 saturated carbocycles. The second kappa shape index (κ2) is 6.28. The summed E-state index contributed by atoms with van der Waals surface area (Å²) in [4.78, 5) is 14.7. The number of aromatic amines is 1. The first-order valence-corrected chi connectivity index (χ1v) is 4.89. The van der Waals surface area contributed by atoms with E-state index in [-0.39, 0.29) is 30.8 Å². The van der Waals surface area contributed by atoms with Gasteiger partial charge in [-0.05, 0) is 0 Å². The van der Waals surface area contributed by atoms with Crippen LogP contribution in [0.2, 0.25) is 0 Å². The van der Waals surface area contributed by atoms with E-state index in [2.05, 4.69) is 19.9 Å². The van der Waals surface area contributed by atoms with E-state index in [1.165, 1.54) is 11.3 Å². The molecule has 0 aliphatic heterocycles. The van der Waals surface area contributed by atoms with Crippen molar-refractivity contribution in [3.05, 3.63) is 11.6 Å². The molecule has 7 nitrogen and oxygen atoms in total. The highest BCUT2D eigenvalue weighted by Gasteiger charge is 2.06. The van der Waals surface area contributed by atoms with Gasteiger partial charge in [-0.2, -0.15) is 4.99 Å². The van der Waals surface area contributed by atoms with Crippen molar-refractivity contribution in [2.45, 2.75) is 0 Å². The molecule has 0 atom stereocenters. The average molecular weight is 296 g/mol. The maximum atomic E-state index is 5.44. The molecule has 2 heterocycles. The van der Waals surface area contributed by atoms with Crippen LogP contribution in [-0.4, -0.2) is 20.9 Å². The average Bonchev–Trinajstić information content (AvgIpc) is 2.72. The molecule has 10 heteroatoms. The van der Waals surface area contributed by atoms with E-state index in [4.69, 9.17) is 17.2 Å². The third-order valence-corrected chi connectivity index (χ3v) is 2.32. The Morgan fingerprint density at radius 2 is 2.06 bits per heavy atom. The van der Waals surface area contributed by atoms with E-state index in [0.717, 1.165) is 5.69 Å². The number of thiazole rings is 1. The van der Waals surface area contributed by atoms with Gasteiger partial charge >= 0.3 is 0 Å². The molecule has 2 rings (SSSR count). The summed E-state index contributed by atoms with van der Waals surface area (Å²) < 4.78 is 0. The van der Waals surface area contributed by atoms with E-state index >= 15 is 0 Å². The van der Waals surface area contributed by atoms with Gasteiger partial charge in [0.15, 0.2) is 11.9 Å². The van der Waals surface area contributed by atoms with Crippen LogP contribution < -0.4 is 17.2 Å². The first-order chi connectivity index (χ1) is 7.15. The fourth-order valence-electron chi connectivity index (χ4n) is 1.02. The van der Waals surface area contributed by atoms with Gasteiger partial charge in [0.25, 0.3) is 0 Å². The molecule has 2 aromatic rings. The van der Waals surface area contributed by atoms with Crippen LogP contribution >= 0.6 is 36.2 Å². The van der Waals surface area contributed by atoms with Crippen LogP contribution in [0.5, 0.6) is 0 Å². The molecule has 7 N–H and O–H groups in total. The number of hydrogen-bond acceptors (Lipinski definition) is 5. The number of nitrogens with one attached hydrogen (secondary N) is 1. The number of aliphatic imine (C=N–C) groups is 1. The van der Waals surface area contributed by atoms with Crippen molar-refractivity contribution in [2.24, 2.45) is 16.5 Å². The Hall–Kier alpha value is -1.51. The topological polar surface area (TPSA) is 132 Å². The quantitative estimate of drug-likeness (QED) is 0.482. The fourth-order valence-corrected chi connectivity index (χ4v) is 1.72. The first kappa shape index (κ1) is 15.5. The van der Waals surface area contributed by atoms with E-state index in [1.807, 2.05) is 5.38 Å². The summed E-state index contributed by atoms with van der Waals surface area (Å²) in [5.74, 6) is 0.335.